The van der Waals surface area contributed by atoms with Crippen LogP contribution in [0.25, 0.3) is 0 Å². The number of carbonyl (C=O) groups excluding carboxylic acids is 1. The van der Waals surface area contributed by atoms with Gasteiger partial charge >= 0.3 is 0 Å². The van der Waals surface area contributed by atoms with E-state index in [1.165, 1.54) is 11.9 Å². The van der Waals surface area contributed by atoms with E-state index >= 15 is 0 Å². The third-order valence-electron chi connectivity index (χ3n) is 4.67. The van der Waals surface area contributed by atoms with Gasteiger partial charge in [0.2, 0.25) is 0 Å². The van der Waals surface area contributed by atoms with Crippen LogP contribution >= 0.6 is 11.6 Å². The number of anilines is 3. The number of benzene rings is 2. The average Bonchev–Trinajstić information content (AvgIpc) is 2.73. The Morgan fingerprint density at radius 2 is 2.04 bits per heavy atom. The average molecular weight is 395 g/mol. The molecule has 0 fully saturated rings. The number of ether oxygens (including phenoxy) is 1. The van der Waals surface area contributed by atoms with Crippen molar-refractivity contribution >= 4 is 34.7 Å². The number of rotatable bonds is 4. The van der Waals surface area contributed by atoms with E-state index in [-0.39, 0.29) is 5.91 Å². The van der Waals surface area contributed by atoms with Gasteiger partial charge in [-0.1, -0.05) is 29.8 Å². The molecule has 1 aliphatic heterocycles. The van der Waals surface area contributed by atoms with Gasteiger partial charge in [0.15, 0.2) is 0 Å². The summed E-state index contributed by atoms with van der Waals surface area (Å²) in [7, 11) is 1.58. The molecule has 6 nitrogen and oxygen atoms in total. The maximum absolute atomic E-state index is 13.1. The molecule has 1 N–H and O–H groups in total. The van der Waals surface area contributed by atoms with Gasteiger partial charge in [0.25, 0.3) is 5.91 Å². The van der Waals surface area contributed by atoms with Gasteiger partial charge in [0, 0.05) is 23.3 Å². The Hall–Kier alpha value is -3.12. The van der Waals surface area contributed by atoms with Crippen LogP contribution in [-0.4, -0.2) is 29.5 Å². The number of hydrogen-bond acceptors (Lipinski definition) is 5. The van der Waals surface area contributed by atoms with Crippen molar-refractivity contribution in [1.82, 2.24) is 9.97 Å². The summed E-state index contributed by atoms with van der Waals surface area (Å²) in [5.41, 5.74) is 3.12. The third-order valence-corrected chi connectivity index (χ3v) is 4.90. The SMILES string of the molecule is COc1ccc(Cl)cc1Nc1cc(C(=O)N2CCCc3ccccc32)ncn1. The van der Waals surface area contributed by atoms with Crippen LogP contribution < -0.4 is 15.0 Å². The molecule has 4 rings (SSSR count). The highest BCUT2D eigenvalue weighted by Gasteiger charge is 2.24. The molecule has 0 unspecified atom stereocenters. The zero-order valence-electron chi connectivity index (χ0n) is 15.4. The summed E-state index contributed by atoms with van der Waals surface area (Å²) in [5, 5.41) is 3.72. The Labute approximate surface area is 168 Å². The molecule has 7 heteroatoms. The van der Waals surface area contributed by atoms with Crippen LogP contribution in [0.3, 0.4) is 0 Å². The quantitative estimate of drug-likeness (QED) is 0.706. The molecule has 2 heterocycles. The molecule has 0 radical (unpaired) electrons. The Bertz CT molecular complexity index is 1020. The van der Waals surface area contributed by atoms with E-state index in [0.717, 1.165) is 18.5 Å². The van der Waals surface area contributed by atoms with Crippen molar-refractivity contribution in [2.24, 2.45) is 0 Å². The number of halogens is 1. The van der Waals surface area contributed by atoms with E-state index in [0.29, 0.717) is 34.5 Å². The fourth-order valence-corrected chi connectivity index (χ4v) is 3.51. The lowest BCUT2D eigenvalue weighted by Gasteiger charge is -2.29. The number of fused-ring (bicyclic) bond motifs is 1. The number of aryl methyl sites for hydroxylation is 1. The van der Waals surface area contributed by atoms with Gasteiger partial charge < -0.3 is 15.0 Å². The number of para-hydroxylation sites is 1. The van der Waals surface area contributed by atoms with Crippen molar-refractivity contribution in [1.29, 1.82) is 0 Å². The highest BCUT2D eigenvalue weighted by atomic mass is 35.5. The first-order valence-corrected chi connectivity index (χ1v) is 9.36. The first kappa shape index (κ1) is 18.3. The largest absolute Gasteiger partial charge is 0.495 e. The zero-order chi connectivity index (χ0) is 19.5. The van der Waals surface area contributed by atoms with Gasteiger partial charge in [0.1, 0.15) is 23.6 Å². The Morgan fingerprint density at radius 3 is 2.89 bits per heavy atom. The second-order valence-corrected chi connectivity index (χ2v) is 6.88. The van der Waals surface area contributed by atoms with E-state index in [2.05, 4.69) is 21.4 Å². The summed E-state index contributed by atoms with van der Waals surface area (Å²) in [6.07, 6.45) is 3.28. The molecule has 0 atom stereocenters. The molecule has 142 valence electrons. The minimum Gasteiger partial charge on any atom is -0.495 e. The minimum atomic E-state index is -0.143. The molecule has 0 saturated carbocycles. The second kappa shape index (κ2) is 7.86. The number of aromatic nitrogens is 2. The molecule has 0 saturated heterocycles. The monoisotopic (exact) mass is 394 g/mol. The van der Waals surface area contributed by atoms with Crippen molar-refractivity contribution in [2.45, 2.75) is 12.8 Å². The molecule has 1 aromatic heterocycles. The maximum Gasteiger partial charge on any atom is 0.277 e. The van der Waals surface area contributed by atoms with Crippen molar-refractivity contribution in [3.63, 3.8) is 0 Å². The van der Waals surface area contributed by atoms with Gasteiger partial charge in [-0.2, -0.15) is 0 Å². The number of carbonyl (C=O) groups is 1. The third kappa shape index (κ3) is 3.64. The molecule has 2 aromatic carbocycles. The summed E-state index contributed by atoms with van der Waals surface area (Å²) >= 11 is 6.08. The summed E-state index contributed by atoms with van der Waals surface area (Å²) in [6.45, 7) is 0.671. The number of amides is 1. The van der Waals surface area contributed by atoms with Gasteiger partial charge in [0.05, 0.1) is 12.8 Å². The molecule has 0 bridgehead atoms. The first-order chi connectivity index (χ1) is 13.7. The predicted molar refractivity (Wildman–Crippen MR) is 110 cm³/mol. The summed E-state index contributed by atoms with van der Waals surface area (Å²) in [4.78, 5) is 23.3. The lowest BCUT2D eigenvalue weighted by Crippen LogP contribution is -2.36. The van der Waals surface area contributed by atoms with E-state index in [1.54, 1.807) is 36.3 Å². The van der Waals surface area contributed by atoms with Crippen LogP contribution in [0.4, 0.5) is 17.2 Å². The van der Waals surface area contributed by atoms with Crippen LogP contribution in [-0.2, 0) is 6.42 Å². The lowest BCUT2D eigenvalue weighted by molar-refractivity contribution is 0.0980. The van der Waals surface area contributed by atoms with Crippen molar-refractivity contribution in [3.8, 4) is 5.75 Å². The fraction of sp³-hybridized carbons (Fsp3) is 0.190. The van der Waals surface area contributed by atoms with Crippen molar-refractivity contribution < 1.29 is 9.53 Å². The number of methoxy groups -OCH3 is 1. The van der Waals surface area contributed by atoms with Crippen LogP contribution in [0.1, 0.15) is 22.5 Å². The molecular formula is C21H19ClN4O2. The Kier molecular flexibility index (Phi) is 5.12. The van der Waals surface area contributed by atoms with Crippen LogP contribution in [0.5, 0.6) is 5.75 Å². The molecule has 1 aliphatic rings. The van der Waals surface area contributed by atoms with Crippen LogP contribution in [0, 0.1) is 0 Å². The molecular weight excluding hydrogens is 376 g/mol. The van der Waals surface area contributed by atoms with Gasteiger partial charge in [-0.25, -0.2) is 9.97 Å². The normalized spacial score (nSPS) is 13.0. The standard InChI is InChI=1S/C21H19ClN4O2/c1-28-19-9-8-15(22)11-16(19)25-20-12-17(23-13-24-20)21(27)26-10-4-6-14-5-2-3-7-18(14)26/h2-3,5,7-9,11-13H,4,6,10H2,1H3,(H,23,24,25). The Balaban J connectivity index is 1.61. The van der Waals surface area contributed by atoms with Crippen LogP contribution in [0.2, 0.25) is 5.02 Å². The molecule has 3 aromatic rings. The molecule has 0 aliphatic carbocycles. The summed E-state index contributed by atoms with van der Waals surface area (Å²) in [5.74, 6) is 0.973. The lowest BCUT2D eigenvalue weighted by atomic mass is 10.0. The highest BCUT2D eigenvalue weighted by Crippen LogP contribution is 2.31. The Morgan fingerprint density at radius 1 is 1.18 bits per heavy atom. The van der Waals surface area contributed by atoms with Crippen molar-refractivity contribution in [3.05, 3.63) is 71.1 Å². The molecule has 0 spiro atoms. The molecule has 28 heavy (non-hydrogen) atoms. The fourth-order valence-electron chi connectivity index (χ4n) is 3.34. The summed E-state index contributed by atoms with van der Waals surface area (Å²) < 4.78 is 5.34. The number of nitrogens with zero attached hydrogens (tertiary/aromatic N) is 3. The number of hydrogen-bond donors (Lipinski definition) is 1. The van der Waals surface area contributed by atoms with E-state index < -0.39 is 0 Å². The van der Waals surface area contributed by atoms with Crippen LogP contribution in [0.15, 0.2) is 54.9 Å². The maximum atomic E-state index is 13.1. The molecule has 1 amide bonds. The van der Waals surface area contributed by atoms with E-state index in [1.807, 2.05) is 18.2 Å². The van der Waals surface area contributed by atoms with Crippen molar-refractivity contribution in [2.75, 3.05) is 23.9 Å². The first-order valence-electron chi connectivity index (χ1n) is 8.98. The second-order valence-electron chi connectivity index (χ2n) is 6.45. The smallest absolute Gasteiger partial charge is 0.277 e. The summed E-state index contributed by atoms with van der Waals surface area (Å²) in [6, 6.07) is 14.9. The van der Waals surface area contributed by atoms with Gasteiger partial charge in [-0.15, -0.1) is 0 Å². The van der Waals surface area contributed by atoms with E-state index in [9.17, 15) is 4.79 Å². The minimum absolute atomic E-state index is 0.143. The highest BCUT2D eigenvalue weighted by molar-refractivity contribution is 6.31. The van der Waals surface area contributed by atoms with E-state index in [4.69, 9.17) is 16.3 Å². The number of nitrogens with one attached hydrogen (secondary N) is 1. The zero-order valence-corrected chi connectivity index (χ0v) is 16.1. The van der Waals surface area contributed by atoms with Gasteiger partial charge in [-0.05, 0) is 42.7 Å². The topological polar surface area (TPSA) is 67.3 Å². The van der Waals surface area contributed by atoms with Gasteiger partial charge in [-0.3, -0.25) is 4.79 Å². The predicted octanol–water partition coefficient (Wildman–Crippen LogP) is 4.48.